The molecule has 19 heavy (non-hydrogen) atoms. The van der Waals surface area contributed by atoms with E-state index in [4.69, 9.17) is 0 Å². The number of aryl methyl sites for hydroxylation is 1. The van der Waals surface area contributed by atoms with Crippen LogP contribution in [0.25, 0.3) is 0 Å². The van der Waals surface area contributed by atoms with Crippen molar-refractivity contribution in [1.82, 2.24) is 4.72 Å². The van der Waals surface area contributed by atoms with Gasteiger partial charge in [-0.2, -0.15) is 0 Å². The lowest BCUT2D eigenvalue weighted by atomic mass is 10.3. The summed E-state index contributed by atoms with van der Waals surface area (Å²) in [5, 5.41) is 9.34. The van der Waals surface area contributed by atoms with E-state index in [1.807, 2.05) is 19.1 Å². The van der Waals surface area contributed by atoms with Crippen LogP contribution in [0, 0.1) is 6.92 Å². The number of hydrogen-bond acceptors (Lipinski definition) is 4. The number of aromatic hydroxyl groups is 1. The van der Waals surface area contributed by atoms with Crippen molar-refractivity contribution in [3.63, 3.8) is 0 Å². The van der Waals surface area contributed by atoms with Crippen molar-refractivity contribution in [2.24, 2.45) is 0 Å². The van der Waals surface area contributed by atoms with E-state index in [1.165, 1.54) is 24.3 Å². The number of sulfonamides is 1. The van der Waals surface area contributed by atoms with E-state index in [0.29, 0.717) is 0 Å². The summed E-state index contributed by atoms with van der Waals surface area (Å²) in [5.41, 5.74) is 0. The van der Waals surface area contributed by atoms with Crippen molar-refractivity contribution in [2.45, 2.75) is 24.8 Å². The smallest absolute Gasteiger partial charge is 0.241 e. The number of thiophene rings is 1. The van der Waals surface area contributed by atoms with E-state index in [9.17, 15) is 13.5 Å². The second kappa shape index (κ2) is 5.32. The normalized spacial score (nSPS) is 13.4. The summed E-state index contributed by atoms with van der Waals surface area (Å²) in [5.74, 6) is -0.0671. The van der Waals surface area contributed by atoms with Crippen molar-refractivity contribution < 1.29 is 13.5 Å². The molecule has 1 heterocycles. The molecule has 0 fully saturated rings. The fourth-order valence-corrected chi connectivity index (χ4v) is 3.91. The van der Waals surface area contributed by atoms with Gasteiger partial charge in [0.15, 0.2) is 0 Å². The number of hydrogen-bond donors (Lipinski definition) is 2. The predicted molar refractivity (Wildman–Crippen MR) is 75.9 cm³/mol. The molecule has 1 atom stereocenters. The minimum atomic E-state index is -3.62. The van der Waals surface area contributed by atoms with Gasteiger partial charge in [-0.25, -0.2) is 13.1 Å². The number of nitrogens with one attached hydrogen (secondary N) is 1. The number of benzene rings is 1. The highest BCUT2D eigenvalue weighted by molar-refractivity contribution is 7.89. The standard InChI is InChI=1S/C13H15NO3S2/c1-9-6-7-13(18-9)10(2)14-19(16,17)12-5-3-4-11(15)8-12/h3-8,10,14-15H,1-2H3. The Bertz CT molecular complexity index is 677. The molecule has 0 saturated heterocycles. The molecule has 0 saturated carbocycles. The molecule has 2 N–H and O–H groups in total. The quantitative estimate of drug-likeness (QED) is 0.912. The van der Waals surface area contributed by atoms with E-state index in [1.54, 1.807) is 18.3 Å². The lowest BCUT2D eigenvalue weighted by Crippen LogP contribution is -2.26. The van der Waals surface area contributed by atoms with Crippen LogP contribution in [-0.4, -0.2) is 13.5 Å². The molecular weight excluding hydrogens is 282 g/mol. The van der Waals surface area contributed by atoms with Crippen LogP contribution in [0.1, 0.15) is 22.7 Å². The molecular formula is C13H15NO3S2. The molecule has 0 aliphatic rings. The van der Waals surface area contributed by atoms with Gasteiger partial charge >= 0.3 is 0 Å². The van der Waals surface area contributed by atoms with E-state index < -0.39 is 10.0 Å². The molecule has 1 aromatic heterocycles. The monoisotopic (exact) mass is 297 g/mol. The molecule has 1 unspecified atom stereocenters. The first-order valence-electron chi connectivity index (χ1n) is 5.76. The van der Waals surface area contributed by atoms with Gasteiger partial charge in [-0.05, 0) is 44.2 Å². The maximum atomic E-state index is 12.2. The predicted octanol–water partition coefficient (Wildman–Crippen LogP) is 2.80. The first-order valence-corrected chi connectivity index (χ1v) is 8.06. The van der Waals surface area contributed by atoms with E-state index in [2.05, 4.69) is 4.72 Å². The molecule has 2 rings (SSSR count). The Morgan fingerprint density at radius 1 is 1.26 bits per heavy atom. The molecule has 2 aromatic rings. The molecule has 0 amide bonds. The van der Waals surface area contributed by atoms with Gasteiger partial charge in [0.1, 0.15) is 5.75 Å². The lowest BCUT2D eigenvalue weighted by molar-refractivity contribution is 0.473. The highest BCUT2D eigenvalue weighted by atomic mass is 32.2. The summed E-state index contributed by atoms with van der Waals surface area (Å²) in [7, 11) is -3.62. The first kappa shape index (κ1) is 14.0. The van der Waals surface area contributed by atoms with Crippen molar-refractivity contribution >= 4 is 21.4 Å². The minimum Gasteiger partial charge on any atom is -0.508 e. The van der Waals surface area contributed by atoms with Crippen LogP contribution in [0.5, 0.6) is 5.75 Å². The van der Waals surface area contributed by atoms with Gasteiger partial charge in [0.25, 0.3) is 0 Å². The molecule has 102 valence electrons. The minimum absolute atomic E-state index is 0.0626. The third kappa shape index (κ3) is 3.34. The van der Waals surface area contributed by atoms with Crippen LogP contribution in [-0.2, 0) is 10.0 Å². The van der Waals surface area contributed by atoms with E-state index in [-0.39, 0.29) is 16.7 Å². The summed E-state index contributed by atoms with van der Waals surface area (Å²) in [6, 6.07) is 9.19. The third-order valence-corrected chi connectivity index (χ3v) is 5.37. The Kier molecular flexibility index (Phi) is 3.93. The second-order valence-corrected chi connectivity index (χ2v) is 7.32. The van der Waals surface area contributed by atoms with Gasteiger partial charge in [-0.3, -0.25) is 0 Å². The van der Waals surface area contributed by atoms with Gasteiger partial charge < -0.3 is 5.11 Å². The fraction of sp³-hybridized carbons (Fsp3) is 0.231. The SMILES string of the molecule is Cc1ccc(C(C)NS(=O)(=O)c2cccc(O)c2)s1. The molecule has 4 nitrogen and oxygen atoms in total. The zero-order valence-corrected chi connectivity index (χ0v) is 12.3. The van der Waals surface area contributed by atoms with Crippen molar-refractivity contribution in [1.29, 1.82) is 0 Å². The summed E-state index contributed by atoms with van der Waals surface area (Å²) in [4.78, 5) is 2.16. The maximum absolute atomic E-state index is 12.2. The van der Waals surface area contributed by atoms with Crippen molar-refractivity contribution in [3.05, 3.63) is 46.2 Å². The summed E-state index contributed by atoms with van der Waals surface area (Å²) in [6.45, 7) is 3.77. The van der Waals surface area contributed by atoms with E-state index >= 15 is 0 Å². The maximum Gasteiger partial charge on any atom is 0.241 e. The van der Waals surface area contributed by atoms with Gasteiger partial charge in [0.2, 0.25) is 10.0 Å². The molecule has 1 aromatic carbocycles. The molecule has 0 radical (unpaired) electrons. The second-order valence-electron chi connectivity index (χ2n) is 4.29. The summed E-state index contributed by atoms with van der Waals surface area (Å²) in [6.07, 6.45) is 0. The Balaban J connectivity index is 2.22. The number of phenols is 1. The van der Waals surface area contributed by atoms with E-state index in [0.717, 1.165) is 9.75 Å². The fourth-order valence-electron chi connectivity index (χ4n) is 1.70. The number of phenolic OH excluding ortho intramolecular Hbond substituents is 1. The topological polar surface area (TPSA) is 66.4 Å². The molecule has 0 spiro atoms. The average molecular weight is 297 g/mol. The Morgan fingerprint density at radius 3 is 2.58 bits per heavy atom. The molecule has 0 aliphatic carbocycles. The zero-order valence-electron chi connectivity index (χ0n) is 10.6. The summed E-state index contributed by atoms with van der Waals surface area (Å²) < 4.78 is 26.9. The average Bonchev–Trinajstić information content (AvgIpc) is 2.75. The van der Waals surface area contributed by atoms with Crippen LogP contribution < -0.4 is 4.72 Å². The van der Waals surface area contributed by atoms with Crippen molar-refractivity contribution in [3.8, 4) is 5.75 Å². The highest BCUT2D eigenvalue weighted by Crippen LogP contribution is 2.24. The first-order chi connectivity index (χ1) is 8.88. The van der Waals surface area contributed by atoms with Gasteiger partial charge in [-0.15, -0.1) is 11.3 Å². The molecule has 0 aliphatic heterocycles. The van der Waals surface area contributed by atoms with Gasteiger partial charge in [0.05, 0.1) is 10.9 Å². The molecule has 6 heteroatoms. The van der Waals surface area contributed by atoms with Gasteiger partial charge in [0, 0.05) is 9.75 Å². The zero-order chi connectivity index (χ0) is 14.0. The highest BCUT2D eigenvalue weighted by Gasteiger charge is 2.19. The van der Waals surface area contributed by atoms with Gasteiger partial charge in [-0.1, -0.05) is 6.07 Å². The summed E-state index contributed by atoms with van der Waals surface area (Å²) >= 11 is 1.56. The Labute approximate surface area is 116 Å². The van der Waals surface area contributed by atoms with Crippen LogP contribution >= 0.6 is 11.3 Å². The van der Waals surface area contributed by atoms with Crippen LogP contribution in [0.3, 0.4) is 0 Å². The Hall–Kier alpha value is -1.37. The van der Waals surface area contributed by atoms with Crippen LogP contribution in [0.4, 0.5) is 0 Å². The largest absolute Gasteiger partial charge is 0.508 e. The Morgan fingerprint density at radius 2 is 2.00 bits per heavy atom. The van der Waals surface area contributed by atoms with Crippen LogP contribution in [0.15, 0.2) is 41.3 Å². The van der Waals surface area contributed by atoms with Crippen molar-refractivity contribution in [2.75, 3.05) is 0 Å². The van der Waals surface area contributed by atoms with Crippen LogP contribution in [0.2, 0.25) is 0 Å². The number of rotatable bonds is 4. The molecule has 0 bridgehead atoms. The lowest BCUT2D eigenvalue weighted by Gasteiger charge is -2.12. The third-order valence-electron chi connectivity index (χ3n) is 2.65.